The molecule has 0 fully saturated rings. The highest BCUT2D eigenvalue weighted by molar-refractivity contribution is 5.71. The molecule has 0 unspecified atom stereocenters. The Hall–Kier alpha value is -5.03. The minimum Gasteiger partial charge on any atom is -0.380 e. The van der Waals surface area contributed by atoms with Crippen LogP contribution in [0.2, 0.25) is 0 Å². The molecule has 0 aliphatic heterocycles. The molecular formula is C27H22N8. The van der Waals surface area contributed by atoms with Crippen LogP contribution in [0.4, 0.5) is 17.3 Å². The van der Waals surface area contributed by atoms with Crippen molar-refractivity contribution in [2.45, 2.75) is 13.5 Å². The van der Waals surface area contributed by atoms with Gasteiger partial charge < -0.3 is 10.6 Å². The molecule has 0 saturated heterocycles. The van der Waals surface area contributed by atoms with Crippen molar-refractivity contribution in [1.82, 2.24) is 24.7 Å². The average molecular weight is 459 g/mol. The fourth-order valence-electron chi connectivity index (χ4n) is 3.62. The number of hydrogen-bond acceptors (Lipinski definition) is 7. The van der Waals surface area contributed by atoms with Crippen LogP contribution in [-0.4, -0.2) is 24.7 Å². The van der Waals surface area contributed by atoms with Gasteiger partial charge >= 0.3 is 0 Å². The number of rotatable bonds is 7. The summed E-state index contributed by atoms with van der Waals surface area (Å²) in [4.78, 5) is 13.2. The number of anilines is 3. The Balaban J connectivity index is 1.34. The van der Waals surface area contributed by atoms with Crippen molar-refractivity contribution < 1.29 is 0 Å². The molecule has 0 atom stereocenters. The van der Waals surface area contributed by atoms with Gasteiger partial charge in [0.2, 0.25) is 5.95 Å². The van der Waals surface area contributed by atoms with Crippen LogP contribution in [0.25, 0.3) is 16.9 Å². The molecule has 5 rings (SSSR count). The lowest BCUT2D eigenvalue weighted by atomic mass is 10.1. The van der Waals surface area contributed by atoms with Crippen LogP contribution in [-0.2, 0) is 6.54 Å². The van der Waals surface area contributed by atoms with Gasteiger partial charge in [-0.25, -0.2) is 19.6 Å². The summed E-state index contributed by atoms with van der Waals surface area (Å²) in [5.74, 6) is 1.20. The Kier molecular flexibility index (Phi) is 6.13. The van der Waals surface area contributed by atoms with Gasteiger partial charge in [0.25, 0.3) is 0 Å². The SMILES string of the molecule is Cc1ncn(-c2ccc(Nc3nccc(-c4ccc(C#N)c(NCc5ccccc5)c4)n3)cc2)n1. The van der Waals surface area contributed by atoms with E-state index in [1.54, 1.807) is 17.2 Å². The van der Waals surface area contributed by atoms with E-state index in [1.165, 1.54) is 0 Å². The first-order chi connectivity index (χ1) is 17.2. The molecule has 2 heterocycles. The quantitative estimate of drug-likeness (QED) is 0.343. The van der Waals surface area contributed by atoms with Gasteiger partial charge in [0.15, 0.2) is 0 Å². The summed E-state index contributed by atoms with van der Waals surface area (Å²) < 4.78 is 1.73. The largest absolute Gasteiger partial charge is 0.380 e. The second-order valence-corrected chi connectivity index (χ2v) is 7.89. The van der Waals surface area contributed by atoms with E-state index in [0.717, 1.165) is 39.7 Å². The maximum atomic E-state index is 9.54. The molecule has 0 aliphatic rings. The van der Waals surface area contributed by atoms with E-state index < -0.39 is 0 Å². The summed E-state index contributed by atoms with van der Waals surface area (Å²) >= 11 is 0. The van der Waals surface area contributed by atoms with Crippen molar-refractivity contribution in [2.24, 2.45) is 0 Å². The fraction of sp³-hybridized carbons (Fsp3) is 0.0741. The second kappa shape index (κ2) is 9.85. The smallest absolute Gasteiger partial charge is 0.227 e. The first-order valence-electron chi connectivity index (χ1n) is 11.1. The van der Waals surface area contributed by atoms with Crippen molar-refractivity contribution in [3.63, 3.8) is 0 Å². The monoisotopic (exact) mass is 458 g/mol. The third-order valence-corrected chi connectivity index (χ3v) is 5.41. The molecule has 170 valence electrons. The second-order valence-electron chi connectivity index (χ2n) is 7.89. The predicted octanol–water partition coefficient (Wildman–Crippen LogP) is 5.26. The molecule has 2 aromatic heterocycles. The zero-order valence-corrected chi connectivity index (χ0v) is 19.1. The lowest BCUT2D eigenvalue weighted by Gasteiger charge is -2.11. The highest BCUT2D eigenvalue weighted by atomic mass is 15.3. The van der Waals surface area contributed by atoms with E-state index in [4.69, 9.17) is 0 Å². The van der Waals surface area contributed by atoms with Gasteiger partial charge in [0, 0.05) is 24.0 Å². The number of benzene rings is 3. The first kappa shape index (κ1) is 21.8. The third kappa shape index (κ3) is 5.15. The number of nitrogens with one attached hydrogen (secondary N) is 2. The molecule has 0 spiro atoms. The molecule has 35 heavy (non-hydrogen) atoms. The lowest BCUT2D eigenvalue weighted by Crippen LogP contribution is -2.02. The summed E-state index contributed by atoms with van der Waals surface area (Å²) in [7, 11) is 0. The molecule has 0 saturated carbocycles. The molecule has 0 bridgehead atoms. The van der Waals surface area contributed by atoms with Crippen LogP contribution >= 0.6 is 0 Å². The van der Waals surface area contributed by atoms with Crippen LogP contribution in [0.5, 0.6) is 0 Å². The lowest BCUT2D eigenvalue weighted by molar-refractivity contribution is 0.863. The minimum atomic E-state index is 0.481. The van der Waals surface area contributed by atoms with Gasteiger partial charge in [-0.2, -0.15) is 10.4 Å². The fourth-order valence-corrected chi connectivity index (χ4v) is 3.62. The summed E-state index contributed by atoms with van der Waals surface area (Å²) in [5.41, 5.74) is 5.90. The standard InChI is InChI=1S/C27H22N8/c1-19-31-18-35(34-19)24-11-9-23(10-12-24)32-27-29-14-13-25(33-27)21-7-8-22(16-28)26(15-21)30-17-20-5-3-2-4-6-20/h2-15,18,30H,17H2,1H3,(H,29,32,33). The zero-order chi connectivity index (χ0) is 24.0. The van der Waals surface area contributed by atoms with Crippen molar-refractivity contribution >= 4 is 17.3 Å². The number of aryl methyl sites for hydroxylation is 1. The highest BCUT2D eigenvalue weighted by Gasteiger charge is 2.08. The Labute approximate surface area is 203 Å². The molecule has 0 amide bonds. The Morgan fingerprint density at radius 3 is 2.51 bits per heavy atom. The van der Waals surface area contributed by atoms with Crippen LogP contribution in [0.15, 0.2) is 91.4 Å². The van der Waals surface area contributed by atoms with Gasteiger partial charge in [-0.05, 0) is 55.0 Å². The van der Waals surface area contributed by atoms with Crippen LogP contribution in [0.3, 0.4) is 0 Å². The first-order valence-corrected chi connectivity index (χ1v) is 11.1. The molecule has 8 heteroatoms. The van der Waals surface area contributed by atoms with Crippen molar-refractivity contribution in [1.29, 1.82) is 5.26 Å². The maximum Gasteiger partial charge on any atom is 0.227 e. The van der Waals surface area contributed by atoms with Crippen LogP contribution in [0.1, 0.15) is 17.0 Å². The van der Waals surface area contributed by atoms with Gasteiger partial charge in [-0.3, -0.25) is 0 Å². The van der Waals surface area contributed by atoms with Crippen molar-refractivity contribution in [3.05, 3.63) is 108 Å². The van der Waals surface area contributed by atoms with E-state index in [9.17, 15) is 5.26 Å². The van der Waals surface area contributed by atoms with E-state index in [1.807, 2.05) is 85.8 Å². The summed E-state index contributed by atoms with van der Waals surface area (Å²) in [6.45, 7) is 2.48. The summed E-state index contributed by atoms with van der Waals surface area (Å²) in [6, 6.07) is 27.6. The minimum absolute atomic E-state index is 0.481. The average Bonchev–Trinajstić information content (AvgIpc) is 3.34. The van der Waals surface area contributed by atoms with E-state index in [0.29, 0.717) is 18.1 Å². The van der Waals surface area contributed by atoms with Crippen molar-refractivity contribution in [2.75, 3.05) is 10.6 Å². The van der Waals surface area contributed by atoms with Gasteiger partial charge in [0.05, 0.1) is 22.6 Å². The van der Waals surface area contributed by atoms with Gasteiger partial charge in [-0.1, -0.05) is 36.4 Å². The number of nitriles is 1. The topological polar surface area (TPSA) is 104 Å². The number of aromatic nitrogens is 5. The van der Waals surface area contributed by atoms with E-state index in [2.05, 4.69) is 36.8 Å². The van der Waals surface area contributed by atoms with Gasteiger partial charge in [0.1, 0.15) is 18.2 Å². The summed E-state index contributed by atoms with van der Waals surface area (Å²) in [6.07, 6.45) is 3.40. The Morgan fingerprint density at radius 1 is 0.943 bits per heavy atom. The Bertz CT molecular complexity index is 1480. The molecular weight excluding hydrogens is 436 g/mol. The van der Waals surface area contributed by atoms with Gasteiger partial charge in [-0.15, -0.1) is 0 Å². The van der Waals surface area contributed by atoms with Crippen LogP contribution < -0.4 is 10.6 Å². The Morgan fingerprint density at radius 2 is 1.77 bits per heavy atom. The molecule has 0 aliphatic carbocycles. The third-order valence-electron chi connectivity index (χ3n) is 5.41. The normalized spacial score (nSPS) is 10.5. The number of hydrogen-bond donors (Lipinski definition) is 2. The number of nitrogens with zero attached hydrogens (tertiary/aromatic N) is 6. The zero-order valence-electron chi connectivity index (χ0n) is 19.1. The molecule has 3 aromatic carbocycles. The molecule has 0 radical (unpaired) electrons. The molecule has 8 nitrogen and oxygen atoms in total. The maximum absolute atomic E-state index is 9.54. The summed E-state index contributed by atoms with van der Waals surface area (Å²) in [5, 5.41) is 20.5. The van der Waals surface area contributed by atoms with Crippen LogP contribution in [0, 0.1) is 18.3 Å². The van der Waals surface area contributed by atoms with E-state index in [-0.39, 0.29) is 0 Å². The molecule has 5 aromatic rings. The van der Waals surface area contributed by atoms with E-state index >= 15 is 0 Å². The van der Waals surface area contributed by atoms with Crippen molar-refractivity contribution in [3.8, 4) is 23.0 Å². The predicted molar refractivity (Wildman–Crippen MR) is 135 cm³/mol. The molecule has 2 N–H and O–H groups in total. The highest BCUT2D eigenvalue weighted by Crippen LogP contribution is 2.26.